The molecule has 0 aliphatic heterocycles. The molecule has 0 amide bonds. The number of carbonyl (C=O) groups excluding carboxylic acids is 1. The highest BCUT2D eigenvalue weighted by atomic mass is 32.2. The first-order valence-corrected chi connectivity index (χ1v) is 4.97. The minimum Gasteiger partial charge on any atom is -0.508 e. The highest BCUT2D eigenvalue weighted by molar-refractivity contribution is 7.94. The summed E-state index contributed by atoms with van der Waals surface area (Å²) in [4.78, 5) is 11.2. The van der Waals surface area contributed by atoms with Gasteiger partial charge in [-0.2, -0.15) is 3.89 Å². The molecule has 0 bridgehead atoms. The molecule has 76 valence electrons. The molecule has 2 aromatic carbocycles. The van der Waals surface area contributed by atoms with Gasteiger partial charge in [-0.1, -0.05) is 12.1 Å². The molecule has 0 aliphatic carbocycles. The van der Waals surface area contributed by atoms with Crippen molar-refractivity contribution in [2.45, 2.75) is 4.90 Å². The second-order valence-corrected chi connectivity index (χ2v) is 3.68. The fourth-order valence-electron chi connectivity index (χ4n) is 1.57. The molecule has 0 saturated carbocycles. The van der Waals surface area contributed by atoms with Gasteiger partial charge in [-0.25, -0.2) is 0 Å². The van der Waals surface area contributed by atoms with Crippen molar-refractivity contribution in [1.82, 2.24) is 0 Å². The molecule has 4 heteroatoms. The Morgan fingerprint density at radius 3 is 2.80 bits per heavy atom. The number of rotatable bonds is 2. The van der Waals surface area contributed by atoms with Crippen molar-refractivity contribution in [3.05, 3.63) is 35.9 Å². The van der Waals surface area contributed by atoms with E-state index in [2.05, 4.69) is 0 Å². The summed E-state index contributed by atoms with van der Waals surface area (Å²) in [5.74, 6) is 0.00519. The molecule has 0 heterocycles. The normalized spacial score (nSPS) is 10.5. The number of fused-ring (bicyclic) bond motifs is 1. The Morgan fingerprint density at radius 2 is 2.13 bits per heavy atom. The van der Waals surface area contributed by atoms with Crippen molar-refractivity contribution in [2.75, 3.05) is 0 Å². The molecule has 0 atom stereocenters. The van der Waals surface area contributed by atoms with E-state index in [1.807, 2.05) is 0 Å². The minimum atomic E-state index is 0.00519. The first-order chi connectivity index (χ1) is 7.26. The van der Waals surface area contributed by atoms with Crippen LogP contribution < -0.4 is 0 Å². The molecule has 0 unspecified atom stereocenters. The van der Waals surface area contributed by atoms with Gasteiger partial charge in [0.15, 0.2) is 6.29 Å². The Balaban J connectivity index is 2.90. The van der Waals surface area contributed by atoms with E-state index in [-0.39, 0.29) is 17.9 Å². The van der Waals surface area contributed by atoms with E-state index in [1.54, 1.807) is 18.2 Å². The maximum absolute atomic E-state index is 12.6. The summed E-state index contributed by atoms with van der Waals surface area (Å²) in [7, 11) is 0. The molecule has 0 radical (unpaired) electrons. The van der Waals surface area contributed by atoms with E-state index in [1.165, 1.54) is 12.1 Å². The third-order valence-electron chi connectivity index (χ3n) is 2.16. The standard InChI is InChI=1S/C11H7FO2S/c12-15-10-3-1-2-7-4-9(14)5-8(6-13)11(7)10/h1-6,14H. The average Bonchev–Trinajstić information content (AvgIpc) is 2.26. The first kappa shape index (κ1) is 9.98. The lowest BCUT2D eigenvalue weighted by Gasteiger charge is -2.05. The van der Waals surface area contributed by atoms with E-state index in [9.17, 15) is 13.8 Å². The van der Waals surface area contributed by atoms with E-state index in [0.717, 1.165) is 0 Å². The fraction of sp³-hybridized carbons (Fsp3) is 0. The van der Waals surface area contributed by atoms with Gasteiger partial charge < -0.3 is 5.11 Å². The lowest BCUT2D eigenvalue weighted by molar-refractivity contribution is 0.112. The van der Waals surface area contributed by atoms with Gasteiger partial charge in [-0.3, -0.25) is 4.79 Å². The van der Waals surface area contributed by atoms with Gasteiger partial charge >= 0.3 is 0 Å². The number of phenols is 1. The number of hydrogen-bond donors (Lipinski definition) is 1. The van der Waals surface area contributed by atoms with Crippen LogP contribution in [0.4, 0.5) is 3.89 Å². The van der Waals surface area contributed by atoms with Crippen LogP contribution in [0.3, 0.4) is 0 Å². The number of aldehydes is 1. The van der Waals surface area contributed by atoms with E-state index < -0.39 is 0 Å². The van der Waals surface area contributed by atoms with Gasteiger partial charge in [0.1, 0.15) is 5.75 Å². The number of benzene rings is 2. The van der Waals surface area contributed by atoms with Crippen LogP contribution in [0.15, 0.2) is 35.2 Å². The van der Waals surface area contributed by atoms with Crippen LogP contribution in [0.1, 0.15) is 10.4 Å². The van der Waals surface area contributed by atoms with Crippen molar-refractivity contribution in [3.63, 3.8) is 0 Å². The summed E-state index contributed by atoms with van der Waals surface area (Å²) >= 11 is 0.0932. The molecule has 2 aromatic rings. The van der Waals surface area contributed by atoms with Crippen molar-refractivity contribution in [1.29, 1.82) is 0 Å². The Labute approximate surface area is 90.0 Å². The molecule has 2 rings (SSSR count). The zero-order valence-corrected chi connectivity index (χ0v) is 8.42. The van der Waals surface area contributed by atoms with Gasteiger partial charge in [0.05, 0.1) is 12.1 Å². The molecule has 0 saturated heterocycles. The fourth-order valence-corrected chi connectivity index (χ4v) is 2.01. The summed E-state index contributed by atoms with van der Waals surface area (Å²) in [6.07, 6.45) is 0.613. The average molecular weight is 222 g/mol. The molecule has 0 aliphatic rings. The number of carbonyl (C=O) groups is 1. The largest absolute Gasteiger partial charge is 0.508 e. The monoisotopic (exact) mass is 222 g/mol. The predicted molar refractivity (Wildman–Crippen MR) is 58.0 cm³/mol. The molecule has 0 aromatic heterocycles. The van der Waals surface area contributed by atoms with Crippen molar-refractivity contribution < 1.29 is 13.8 Å². The quantitative estimate of drug-likeness (QED) is 0.792. The molecular formula is C11H7FO2S. The Kier molecular flexibility index (Phi) is 2.60. The second-order valence-electron chi connectivity index (χ2n) is 3.08. The van der Waals surface area contributed by atoms with Crippen LogP contribution in [-0.4, -0.2) is 11.4 Å². The smallest absolute Gasteiger partial charge is 0.150 e. The van der Waals surface area contributed by atoms with Gasteiger partial charge in [-0.05, 0) is 23.6 Å². The van der Waals surface area contributed by atoms with Crippen LogP contribution in [0.2, 0.25) is 0 Å². The zero-order chi connectivity index (χ0) is 10.8. The number of phenolic OH excluding ortho intramolecular Hbond substituents is 1. The summed E-state index contributed by atoms with van der Waals surface area (Å²) in [5, 5.41) is 10.5. The lowest BCUT2D eigenvalue weighted by atomic mass is 10.0. The van der Waals surface area contributed by atoms with Crippen LogP contribution in [0, 0.1) is 0 Å². The number of aromatic hydroxyl groups is 1. The highest BCUT2D eigenvalue weighted by Crippen LogP contribution is 2.32. The van der Waals surface area contributed by atoms with Crippen LogP contribution in [0.5, 0.6) is 5.75 Å². The molecule has 0 fully saturated rings. The number of hydrogen-bond acceptors (Lipinski definition) is 3. The molecule has 15 heavy (non-hydrogen) atoms. The molecule has 1 N–H and O–H groups in total. The lowest BCUT2D eigenvalue weighted by Crippen LogP contribution is -1.85. The Bertz CT molecular complexity index is 525. The summed E-state index contributed by atoms with van der Waals surface area (Å²) in [6, 6.07) is 7.83. The molecule has 2 nitrogen and oxygen atoms in total. The van der Waals surface area contributed by atoms with Crippen LogP contribution in [0.25, 0.3) is 10.8 Å². The maximum Gasteiger partial charge on any atom is 0.150 e. The van der Waals surface area contributed by atoms with Gasteiger partial charge in [0, 0.05) is 15.8 Å². The van der Waals surface area contributed by atoms with Gasteiger partial charge in [-0.15, -0.1) is 0 Å². The van der Waals surface area contributed by atoms with E-state index in [0.29, 0.717) is 27.5 Å². The summed E-state index contributed by atoms with van der Waals surface area (Å²) < 4.78 is 12.6. The Morgan fingerprint density at radius 1 is 1.33 bits per heavy atom. The Hall–Kier alpha value is -1.55. The third-order valence-corrected chi connectivity index (χ3v) is 2.67. The third kappa shape index (κ3) is 1.68. The van der Waals surface area contributed by atoms with Crippen molar-refractivity contribution in [3.8, 4) is 5.75 Å². The summed E-state index contributed by atoms with van der Waals surface area (Å²) in [6.45, 7) is 0. The first-order valence-electron chi connectivity index (χ1n) is 4.26. The van der Waals surface area contributed by atoms with Crippen molar-refractivity contribution >= 4 is 29.2 Å². The van der Waals surface area contributed by atoms with E-state index in [4.69, 9.17) is 0 Å². The maximum atomic E-state index is 12.6. The topological polar surface area (TPSA) is 37.3 Å². The van der Waals surface area contributed by atoms with Crippen LogP contribution >= 0.6 is 12.1 Å². The van der Waals surface area contributed by atoms with E-state index >= 15 is 0 Å². The van der Waals surface area contributed by atoms with Crippen molar-refractivity contribution in [2.24, 2.45) is 0 Å². The molecule has 0 spiro atoms. The number of halogens is 1. The van der Waals surface area contributed by atoms with Gasteiger partial charge in [0.2, 0.25) is 0 Å². The van der Waals surface area contributed by atoms with Gasteiger partial charge in [0.25, 0.3) is 0 Å². The zero-order valence-electron chi connectivity index (χ0n) is 7.61. The summed E-state index contributed by atoms with van der Waals surface area (Å²) in [5.41, 5.74) is 0.297. The SMILES string of the molecule is O=Cc1cc(O)cc2cccc(SF)c12. The predicted octanol–water partition coefficient (Wildman–Crippen LogP) is 3.33. The highest BCUT2D eigenvalue weighted by Gasteiger charge is 2.08. The second kappa shape index (κ2) is 3.90. The minimum absolute atomic E-state index is 0.00519. The molecular weight excluding hydrogens is 215 g/mol. The van der Waals surface area contributed by atoms with Crippen LogP contribution in [-0.2, 0) is 0 Å².